The predicted octanol–water partition coefficient (Wildman–Crippen LogP) is 2.03. The van der Waals surface area contributed by atoms with Crippen LogP contribution in [0, 0.1) is 5.92 Å². The van der Waals surface area contributed by atoms with E-state index < -0.39 is 0 Å². The van der Waals surface area contributed by atoms with Gasteiger partial charge in [-0.15, -0.1) is 0 Å². The molecule has 1 saturated heterocycles. The molecular formula is C15H22O4. The van der Waals surface area contributed by atoms with Crippen molar-refractivity contribution in [3.05, 3.63) is 23.8 Å². The van der Waals surface area contributed by atoms with Gasteiger partial charge < -0.3 is 19.3 Å². The fraction of sp³-hybridized carbons (Fsp3) is 0.600. The second-order valence-electron chi connectivity index (χ2n) is 4.91. The third-order valence-electron chi connectivity index (χ3n) is 3.70. The molecule has 1 atom stereocenters. The van der Waals surface area contributed by atoms with Crippen molar-refractivity contribution in [2.75, 3.05) is 27.4 Å². The standard InChI is InChI=1S/C15H22O4/c1-17-14-4-3-11(10-15(14)18-2)9-13(16)12-5-7-19-8-6-12/h3-4,10,12-13,16H,5-9H2,1-2H3. The number of ether oxygens (including phenoxy) is 3. The van der Waals surface area contributed by atoms with E-state index in [2.05, 4.69) is 0 Å². The van der Waals surface area contributed by atoms with Crippen LogP contribution in [-0.2, 0) is 11.2 Å². The smallest absolute Gasteiger partial charge is 0.160 e. The molecule has 2 rings (SSSR count). The summed E-state index contributed by atoms with van der Waals surface area (Å²) in [5.74, 6) is 1.76. The SMILES string of the molecule is COc1ccc(CC(O)C2CCOCC2)cc1OC. The van der Waals surface area contributed by atoms with Gasteiger partial charge in [0, 0.05) is 13.2 Å². The zero-order valence-electron chi connectivity index (χ0n) is 11.6. The van der Waals surface area contributed by atoms with Gasteiger partial charge in [0.05, 0.1) is 20.3 Å². The highest BCUT2D eigenvalue weighted by atomic mass is 16.5. The minimum absolute atomic E-state index is 0.318. The van der Waals surface area contributed by atoms with Crippen LogP contribution in [0.3, 0.4) is 0 Å². The number of hydrogen-bond acceptors (Lipinski definition) is 4. The van der Waals surface area contributed by atoms with E-state index in [1.165, 1.54) is 0 Å². The van der Waals surface area contributed by atoms with Crippen molar-refractivity contribution in [2.24, 2.45) is 5.92 Å². The average molecular weight is 266 g/mol. The van der Waals surface area contributed by atoms with E-state index in [9.17, 15) is 5.11 Å². The molecule has 0 spiro atoms. The summed E-state index contributed by atoms with van der Waals surface area (Å²) >= 11 is 0. The summed E-state index contributed by atoms with van der Waals surface area (Å²) in [5.41, 5.74) is 1.07. The Morgan fingerprint density at radius 3 is 2.53 bits per heavy atom. The Balaban J connectivity index is 2.01. The lowest BCUT2D eigenvalue weighted by Gasteiger charge is -2.26. The third kappa shape index (κ3) is 3.61. The molecule has 0 aromatic heterocycles. The molecule has 1 heterocycles. The van der Waals surface area contributed by atoms with E-state index in [1.807, 2.05) is 18.2 Å². The maximum Gasteiger partial charge on any atom is 0.160 e. The van der Waals surface area contributed by atoms with E-state index in [-0.39, 0.29) is 6.10 Å². The summed E-state index contributed by atoms with van der Waals surface area (Å²) in [4.78, 5) is 0. The van der Waals surface area contributed by atoms with Crippen LogP contribution in [0.4, 0.5) is 0 Å². The van der Waals surface area contributed by atoms with E-state index >= 15 is 0 Å². The van der Waals surface area contributed by atoms with Gasteiger partial charge in [0.15, 0.2) is 11.5 Å². The first kappa shape index (κ1) is 14.2. The number of benzene rings is 1. The first-order chi connectivity index (χ1) is 9.24. The third-order valence-corrected chi connectivity index (χ3v) is 3.70. The van der Waals surface area contributed by atoms with Crippen LogP contribution in [0.1, 0.15) is 18.4 Å². The Morgan fingerprint density at radius 1 is 1.21 bits per heavy atom. The summed E-state index contributed by atoms with van der Waals surface area (Å²) in [6.45, 7) is 1.52. The van der Waals surface area contributed by atoms with E-state index in [1.54, 1.807) is 14.2 Å². The molecule has 1 unspecified atom stereocenters. The zero-order chi connectivity index (χ0) is 13.7. The largest absolute Gasteiger partial charge is 0.493 e. The van der Waals surface area contributed by atoms with Gasteiger partial charge in [-0.2, -0.15) is 0 Å². The predicted molar refractivity (Wildman–Crippen MR) is 72.8 cm³/mol. The molecule has 0 saturated carbocycles. The van der Waals surface area contributed by atoms with Crippen LogP contribution in [0.2, 0.25) is 0 Å². The van der Waals surface area contributed by atoms with Gasteiger partial charge in [0.1, 0.15) is 0 Å². The maximum atomic E-state index is 10.3. The molecular weight excluding hydrogens is 244 g/mol. The molecule has 19 heavy (non-hydrogen) atoms. The number of aliphatic hydroxyl groups is 1. The Kier molecular flexibility index (Phi) is 5.05. The minimum Gasteiger partial charge on any atom is -0.493 e. The Morgan fingerprint density at radius 2 is 1.89 bits per heavy atom. The van der Waals surface area contributed by atoms with Gasteiger partial charge in [-0.05, 0) is 42.9 Å². The van der Waals surface area contributed by atoms with Crippen molar-refractivity contribution < 1.29 is 19.3 Å². The second kappa shape index (κ2) is 6.78. The molecule has 1 aromatic carbocycles. The van der Waals surface area contributed by atoms with E-state index in [0.717, 1.165) is 31.6 Å². The van der Waals surface area contributed by atoms with Crippen molar-refractivity contribution in [3.8, 4) is 11.5 Å². The van der Waals surface area contributed by atoms with E-state index in [0.29, 0.717) is 23.8 Å². The molecule has 1 N–H and O–H groups in total. The quantitative estimate of drug-likeness (QED) is 0.886. The summed E-state index contributed by atoms with van der Waals surface area (Å²) in [6.07, 6.45) is 2.20. The van der Waals surface area contributed by atoms with Crippen molar-refractivity contribution in [1.29, 1.82) is 0 Å². The van der Waals surface area contributed by atoms with Crippen LogP contribution >= 0.6 is 0 Å². The van der Waals surface area contributed by atoms with Crippen LogP contribution < -0.4 is 9.47 Å². The number of hydrogen-bond donors (Lipinski definition) is 1. The molecule has 0 radical (unpaired) electrons. The Bertz CT molecular complexity index is 399. The Hall–Kier alpha value is -1.26. The van der Waals surface area contributed by atoms with Gasteiger partial charge >= 0.3 is 0 Å². The zero-order valence-corrected chi connectivity index (χ0v) is 11.6. The normalized spacial score (nSPS) is 18.1. The summed E-state index contributed by atoms with van der Waals surface area (Å²) < 4.78 is 15.8. The van der Waals surface area contributed by atoms with Gasteiger partial charge in [-0.1, -0.05) is 6.07 Å². The summed E-state index contributed by atoms with van der Waals surface area (Å²) in [7, 11) is 3.24. The van der Waals surface area contributed by atoms with Crippen molar-refractivity contribution >= 4 is 0 Å². The van der Waals surface area contributed by atoms with Crippen LogP contribution in [0.15, 0.2) is 18.2 Å². The molecule has 0 amide bonds. The molecule has 4 nitrogen and oxygen atoms in total. The molecule has 1 aliphatic heterocycles. The molecule has 1 aromatic rings. The number of aliphatic hydroxyl groups excluding tert-OH is 1. The molecule has 0 aliphatic carbocycles. The molecule has 1 fully saturated rings. The first-order valence-corrected chi connectivity index (χ1v) is 6.71. The van der Waals surface area contributed by atoms with Gasteiger partial charge in [-0.25, -0.2) is 0 Å². The maximum absolute atomic E-state index is 10.3. The summed E-state index contributed by atoms with van der Waals surface area (Å²) in [5, 5.41) is 10.3. The van der Waals surface area contributed by atoms with E-state index in [4.69, 9.17) is 14.2 Å². The fourth-order valence-electron chi connectivity index (χ4n) is 2.52. The van der Waals surface area contributed by atoms with Gasteiger partial charge in [0.25, 0.3) is 0 Å². The lowest BCUT2D eigenvalue weighted by Crippen LogP contribution is -2.28. The molecule has 1 aliphatic rings. The molecule has 4 heteroatoms. The van der Waals surface area contributed by atoms with Crippen molar-refractivity contribution in [3.63, 3.8) is 0 Å². The van der Waals surface area contributed by atoms with Crippen LogP contribution in [0.5, 0.6) is 11.5 Å². The highest BCUT2D eigenvalue weighted by Gasteiger charge is 2.22. The van der Waals surface area contributed by atoms with Crippen LogP contribution in [-0.4, -0.2) is 38.6 Å². The highest BCUT2D eigenvalue weighted by molar-refractivity contribution is 5.43. The van der Waals surface area contributed by atoms with Crippen LogP contribution in [0.25, 0.3) is 0 Å². The summed E-state index contributed by atoms with van der Waals surface area (Å²) in [6, 6.07) is 5.79. The number of rotatable bonds is 5. The highest BCUT2D eigenvalue weighted by Crippen LogP contribution is 2.29. The first-order valence-electron chi connectivity index (χ1n) is 6.71. The van der Waals surface area contributed by atoms with Gasteiger partial charge in [0.2, 0.25) is 0 Å². The number of methoxy groups -OCH3 is 2. The second-order valence-corrected chi connectivity index (χ2v) is 4.91. The monoisotopic (exact) mass is 266 g/mol. The Labute approximate surface area is 114 Å². The minimum atomic E-state index is -0.318. The fourth-order valence-corrected chi connectivity index (χ4v) is 2.52. The molecule has 106 valence electrons. The van der Waals surface area contributed by atoms with Crippen molar-refractivity contribution in [2.45, 2.75) is 25.4 Å². The van der Waals surface area contributed by atoms with Gasteiger partial charge in [-0.3, -0.25) is 0 Å². The average Bonchev–Trinajstić information content (AvgIpc) is 2.48. The molecule has 0 bridgehead atoms. The van der Waals surface area contributed by atoms with Crippen molar-refractivity contribution in [1.82, 2.24) is 0 Å². The lowest BCUT2D eigenvalue weighted by molar-refractivity contribution is 0.00838. The topological polar surface area (TPSA) is 47.9 Å². The lowest BCUT2D eigenvalue weighted by atomic mass is 9.90.